The van der Waals surface area contributed by atoms with Crippen molar-refractivity contribution in [3.63, 3.8) is 0 Å². The first kappa shape index (κ1) is 20.3. The zero-order valence-corrected chi connectivity index (χ0v) is 18.2. The largest absolute Gasteiger partial charge is 0.444 e. The zero-order chi connectivity index (χ0) is 21.6. The Morgan fingerprint density at radius 1 is 1.03 bits per heavy atom. The molecular formula is C23H21ClN2O4S. The minimum atomic E-state index is -3.68. The number of nitrogens with one attached hydrogen (secondary N) is 1. The predicted molar refractivity (Wildman–Crippen MR) is 120 cm³/mol. The van der Waals surface area contributed by atoms with Crippen LogP contribution in [0.2, 0.25) is 5.02 Å². The van der Waals surface area contributed by atoms with Gasteiger partial charge >= 0.3 is 6.09 Å². The summed E-state index contributed by atoms with van der Waals surface area (Å²) in [5.74, 6) is 0. The first-order chi connectivity index (χ1) is 15.0. The van der Waals surface area contributed by atoms with E-state index in [0.717, 1.165) is 10.9 Å². The van der Waals surface area contributed by atoms with Crippen LogP contribution in [0.25, 0.3) is 10.8 Å². The number of carbonyl (C=O) groups excluding carboxylic acids is 1. The summed E-state index contributed by atoms with van der Waals surface area (Å²) in [4.78, 5) is 14.5. The molecule has 0 spiro atoms. The Balaban J connectivity index is 1.50. The lowest BCUT2D eigenvalue weighted by Crippen LogP contribution is -2.53. The summed E-state index contributed by atoms with van der Waals surface area (Å²) in [6.45, 7) is 0.589. The standard InChI is InChI=1S/C23H21ClN2O4S/c24-19-8-4-9-20-18(19)14-30-23(27)26(20)16-11-12-25-22(13-16)31(28,29)21-10-3-6-15-5-1-2-7-17(15)21/h1-10,16,22,25H,11-14H2. The van der Waals surface area contributed by atoms with E-state index in [-0.39, 0.29) is 19.1 Å². The Hall–Kier alpha value is -2.61. The molecule has 6 nitrogen and oxygen atoms in total. The van der Waals surface area contributed by atoms with E-state index >= 15 is 0 Å². The van der Waals surface area contributed by atoms with E-state index < -0.39 is 21.3 Å². The van der Waals surface area contributed by atoms with Gasteiger partial charge in [-0.15, -0.1) is 0 Å². The number of rotatable bonds is 3. The van der Waals surface area contributed by atoms with E-state index in [2.05, 4.69) is 5.32 Å². The Bertz CT molecular complexity index is 1270. The summed E-state index contributed by atoms with van der Waals surface area (Å²) >= 11 is 6.30. The van der Waals surface area contributed by atoms with Crippen molar-refractivity contribution in [2.75, 3.05) is 11.4 Å². The monoisotopic (exact) mass is 456 g/mol. The maximum atomic E-state index is 13.6. The van der Waals surface area contributed by atoms with Gasteiger partial charge in [-0.05, 0) is 43.0 Å². The maximum Gasteiger partial charge on any atom is 0.414 e. The van der Waals surface area contributed by atoms with Gasteiger partial charge in [-0.3, -0.25) is 4.90 Å². The number of carbonyl (C=O) groups is 1. The van der Waals surface area contributed by atoms with Crippen LogP contribution < -0.4 is 10.2 Å². The highest BCUT2D eigenvalue weighted by Crippen LogP contribution is 2.37. The average Bonchev–Trinajstić information content (AvgIpc) is 2.79. The van der Waals surface area contributed by atoms with Crippen LogP contribution in [0.4, 0.5) is 10.5 Å². The van der Waals surface area contributed by atoms with Gasteiger partial charge in [0.25, 0.3) is 0 Å². The normalized spacial score (nSPS) is 21.6. The number of amides is 1. The number of benzene rings is 3. The number of cyclic esters (lactones) is 1. The molecule has 1 amide bonds. The SMILES string of the molecule is O=C1OCc2c(Cl)cccc2N1C1CCNC(S(=O)(=O)c2cccc3ccccc23)C1. The molecule has 8 heteroatoms. The lowest BCUT2D eigenvalue weighted by molar-refractivity contribution is 0.137. The number of hydrogen-bond donors (Lipinski definition) is 1. The lowest BCUT2D eigenvalue weighted by Gasteiger charge is -2.40. The molecule has 2 aliphatic heterocycles. The fourth-order valence-corrected chi connectivity index (χ4v) is 6.59. The summed E-state index contributed by atoms with van der Waals surface area (Å²) in [6.07, 6.45) is 0.401. The molecule has 0 aliphatic carbocycles. The molecule has 3 aromatic rings. The van der Waals surface area contributed by atoms with E-state index in [4.69, 9.17) is 16.3 Å². The third-order valence-corrected chi connectivity index (χ3v) is 8.45. The van der Waals surface area contributed by atoms with Gasteiger partial charge in [0.15, 0.2) is 9.84 Å². The highest BCUT2D eigenvalue weighted by Gasteiger charge is 2.40. The Morgan fingerprint density at radius 2 is 1.81 bits per heavy atom. The van der Waals surface area contributed by atoms with Crippen LogP contribution in [0.15, 0.2) is 65.6 Å². The van der Waals surface area contributed by atoms with Gasteiger partial charge in [-0.2, -0.15) is 0 Å². The molecule has 1 N–H and O–H groups in total. The second-order valence-electron chi connectivity index (χ2n) is 7.81. The summed E-state index contributed by atoms with van der Waals surface area (Å²) in [5, 5.41) is 4.44. The van der Waals surface area contributed by atoms with Gasteiger partial charge in [0, 0.05) is 22.0 Å². The molecule has 2 atom stereocenters. The van der Waals surface area contributed by atoms with E-state index in [9.17, 15) is 13.2 Å². The Kier molecular flexibility index (Phi) is 5.12. The minimum Gasteiger partial charge on any atom is -0.444 e. The van der Waals surface area contributed by atoms with Crippen molar-refractivity contribution in [1.29, 1.82) is 0 Å². The topological polar surface area (TPSA) is 75.7 Å². The van der Waals surface area contributed by atoms with Gasteiger partial charge in [-0.25, -0.2) is 13.2 Å². The molecule has 31 heavy (non-hydrogen) atoms. The number of nitrogens with zero attached hydrogens (tertiary/aromatic N) is 1. The van der Waals surface area contributed by atoms with Crippen LogP contribution in [0, 0.1) is 0 Å². The molecule has 3 aromatic carbocycles. The predicted octanol–water partition coefficient (Wildman–Crippen LogP) is 4.50. The summed E-state index contributed by atoms with van der Waals surface area (Å²) < 4.78 is 32.5. The quantitative estimate of drug-likeness (QED) is 0.628. The molecule has 0 saturated carbocycles. The molecular weight excluding hydrogens is 436 g/mol. The molecule has 0 aromatic heterocycles. The van der Waals surface area contributed by atoms with E-state index in [1.54, 1.807) is 29.2 Å². The highest BCUT2D eigenvalue weighted by molar-refractivity contribution is 7.92. The van der Waals surface area contributed by atoms with Crippen molar-refractivity contribution in [3.8, 4) is 0 Å². The average molecular weight is 457 g/mol. The second kappa shape index (κ2) is 7.82. The molecule has 5 rings (SSSR count). The first-order valence-electron chi connectivity index (χ1n) is 10.2. The highest BCUT2D eigenvalue weighted by atomic mass is 35.5. The van der Waals surface area contributed by atoms with E-state index in [0.29, 0.717) is 34.0 Å². The fraction of sp³-hybridized carbons (Fsp3) is 0.261. The molecule has 0 bridgehead atoms. The van der Waals surface area contributed by atoms with Crippen molar-refractivity contribution in [2.24, 2.45) is 0 Å². The smallest absolute Gasteiger partial charge is 0.414 e. The van der Waals surface area contributed by atoms with Gasteiger partial charge in [-0.1, -0.05) is 54.1 Å². The molecule has 2 aliphatic rings. The molecule has 1 saturated heterocycles. The number of hydrogen-bond acceptors (Lipinski definition) is 5. The summed E-state index contributed by atoms with van der Waals surface area (Å²) in [6, 6.07) is 17.8. The van der Waals surface area contributed by atoms with Gasteiger partial charge in [0.2, 0.25) is 0 Å². The molecule has 160 valence electrons. The van der Waals surface area contributed by atoms with E-state index in [1.165, 1.54) is 0 Å². The van der Waals surface area contributed by atoms with Crippen molar-refractivity contribution in [3.05, 3.63) is 71.2 Å². The van der Waals surface area contributed by atoms with Crippen LogP contribution in [-0.2, 0) is 21.2 Å². The van der Waals surface area contributed by atoms with Crippen molar-refractivity contribution in [2.45, 2.75) is 35.8 Å². The molecule has 2 heterocycles. The Labute approximate surface area is 185 Å². The summed E-state index contributed by atoms with van der Waals surface area (Å²) in [7, 11) is -3.68. The number of piperidine rings is 1. The fourth-order valence-electron chi connectivity index (χ4n) is 4.49. The Morgan fingerprint density at radius 3 is 2.68 bits per heavy atom. The van der Waals surface area contributed by atoms with Gasteiger partial charge in [0.1, 0.15) is 12.0 Å². The third-order valence-electron chi connectivity index (χ3n) is 6.02. The van der Waals surface area contributed by atoms with Crippen LogP contribution in [0.5, 0.6) is 0 Å². The van der Waals surface area contributed by atoms with Crippen LogP contribution in [0.3, 0.4) is 0 Å². The summed E-state index contributed by atoms with van der Waals surface area (Å²) in [5.41, 5.74) is 1.44. The molecule has 0 radical (unpaired) electrons. The number of halogens is 1. The van der Waals surface area contributed by atoms with Gasteiger partial charge < -0.3 is 10.1 Å². The number of fused-ring (bicyclic) bond motifs is 2. The minimum absolute atomic E-state index is 0.118. The van der Waals surface area contributed by atoms with Crippen molar-refractivity contribution < 1.29 is 17.9 Å². The number of anilines is 1. The lowest BCUT2D eigenvalue weighted by atomic mass is 10.0. The first-order valence-corrected chi connectivity index (χ1v) is 12.1. The van der Waals surface area contributed by atoms with Crippen molar-refractivity contribution in [1.82, 2.24) is 5.32 Å². The number of ether oxygens (including phenoxy) is 1. The molecule has 2 unspecified atom stereocenters. The zero-order valence-electron chi connectivity index (χ0n) is 16.6. The van der Waals surface area contributed by atoms with E-state index in [1.807, 2.05) is 36.4 Å². The van der Waals surface area contributed by atoms with Crippen LogP contribution in [-0.4, -0.2) is 32.5 Å². The number of sulfone groups is 1. The van der Waals surface area contributed by atoms with Crippen LogP contribution >= 0.6 is 11.6 Å². The maximum absolute atomic E-state index is 13.6. The third kappa shape index (κ3) is 3.46. The van der Waals surface area contributed by atoms with Gasteiger partial charge in [0.05, 0.1) is 10.6 Å². The van der Waals surface area contributed by atoms with Crippen molar-refractivity contribution >= 4 is 44.0 Å². The van der Waals surface area contributed by atoms with Crippen LogP contribution in [0.1, 0.15) is 18.4 Å². The second-order valence-corrected chi connectivity index (χ2v) is 10.3. The molecule has 1 fully saturated rings.